The number of carbonyl (C=O) groups excluding carboxylic acids is 1. The maximum Gasteiger partial charge on any atom is 0.291 e. The van der Waals surface area contributed by atoms with Gasteiger partial charge in [-0.1, -0.05) is 18.2 Å². The molecule has 6 heteroatoms. The van der Waals surface area contributed by atoms with Crippen molar-refractivity contribution >= 4 is 16.8 Å². The predicted octanol–water partition coefficient (Wildman–Crippen LogP) is 0.777. The van der Waals surface area contributed by atoms with Crippen molar-refractivity contribution in [1.29, 1.82) is 0 Å². The average Bonchev–Trinajstić information content (AvgIpc) is 2.47. The summed E-state index contributed by atoms with van der Waals surface area (Å²) in [6.07, 6.45) is 1.66. The van der Waals surface area contributed by atoms with Crippen molar-refractivity contribution in [2.75, 3.05) is 26.2 Å². The second kappa shape index (κ2) is 4.91. The van der Waals surface area contributed by atoms with E-state index in [0.717, 1.165) is 10.9 Å². The lowest BCUT2D eigenvalue weighted by Crippen LogP contribution is -2.47. The summed E-state index contributed by atoms with van der Waals surface area (Å²) >= 11 is 0. The maximum atomic E-state index is 12.3. The van der Waals surface area contributed by atoms with E-state index in [4.69, 9.17) is 0 Å². The highest BCUT2D eigenvalue weighted by Crippen LogP contribution is 2.11. The molecule has 0 bridgehead atoms. The van der Waals surface area contributed by atoms with E-state index < -0.39 is 0 Å². The third-order valence-electron chi connectivity index (χ3n) is 3.22. The van der Waals surface area contributed by atoms with Crippen LogP contribution in [0.1, 0.15) is 10.6 Å². The number of fused-ring (bicyclic) bond motifs is 1. The molecule has 2 aromatic rings. The first-order chi connectivity index (χ1) is 9.24. The lowest BCUT2D eigenvalue weighted by atomic mass is 10.2. The van der Waals surface area contributed by atoms with E-state index in [0.29, 0.717) is 26.2 Å². The first-order valence-electron chi connectivity index (χ1n) is 6.19. The second-order valence-corrected chi connectivity index (χ2v) is 4.50. The Kier molecular flexibility index (Phi) is 3.10. The number of aromatic nitrogens is 2. The topological polar surface area (TPSA) is 69.6 Å². The van der Waals surface area contributed by atoms with Crippen molar-refractivity contribution < 1.29 is 10.0 Å². The van der Waals surface area contributed by atoms with Crippen LogP contribution in [0.4, 0.5) is 0 Å². The van der Waals surface area contributed by atoms with Gasteiger partial charge in [0.05, 0.1) is 5.52 Å². The molecule has 98 valence electrons. The number of benzene rings is 1. The van der Waals surface area contributed by atoms with Gasteiger partial charge in [-0.2, -0.15) is 5.06 Å². The van der Waals surface area contributed by atoms with Gasteiger partial charge in [0.15, 0.2) is 0 Å². The predicted molar refractivity (Wildman–Crippen MR) is 68.8 cm³/mol. The molecule has 19 heavy (non-hydrogen) atoms. The van der Waals surface area contributed by atoms with Crippen LogP contribution in [-0.4, -0.2) is 57.2 Å². The molecule has 1 amide bonds. The van der Waals surface area contributed by atoms with Gasteiger partial charge >= 0.3 is 0 Å². The van der Waals surface area contributed by atoms with Gasteiger partial charge in [-0.15, -0.1) is 0 Å². The highest BCUT2D eigenvalue weighted by molar-refractivity contribution is 5.92. The quantitative estimate of drug-likeness (QED) is 0.818. The second-order valence-electron chi connectivity index (χ2n) is 4.50. The van der Waals surface area contributed by atoms with E-state index in [-0.39, 0.29) is 11.7 Å². The van der Waals surface area contributed by atoms with Gasteiger partial charge in [-0.25, -0.2) is 9.97 Å². The minimum atomic E-state index is -0.182. The lowest BCUT2D eigenvalue weighted by molar-refractivity contribution is -0.112. The van der Waals surface area contributed by atoms with E-state index in [9.17, 15) is 10.0 Å². The molecule has 3 rings (SSSR count). The van der Waals surface area contributed by atoms with Crippen molar-refractivity contribution in [3.05, 3.63) is 36.3 Å². The van der Waals surface area contributed by atoms with Gasteiger partial charge in [-0.05, 0) is 6.07 Å². The minimum Gasteiger partial charge on any atom is -0.333 e. The monoisotopic (exact) mass is 258 g/mol. The van der Waals surface area contributed by atoms with Gasteiger partial charge in [0.2, 0.25) is 5.82 Å². The summed E-state index contributed by atoms with van der Waals surface area (Å²) in [6.45, 7) is 1.90. The first kappa shape index (κ1) is 12.0. The van der Waals surface area contributed by atoms with Gasteiger partial charge < -0.3 is 10.1 Å². The third kappa shape index (κ3) is 2.40. The van der Waals surface area contributed by atoms with Crippen LogP contribution in [0.3, 0.4) is 0 Å². The Morgan fingerprint density at radius 2 is 1.89 bits per heavy atom. The molecule has 1 fully saturated rings. The van der Waals surface area contributed by atoms with Crippen LogP contribution in [0.2, 0.25) is 0 Å². The fourth-order valence-corrected chi connectivity index (χ4v) is 2.12. The van der Waals surface area contributed by atoms with Crippen LogP contribution in [0.15, 0.2) is 30.5 Å². The molecule has 6 nitrogen and oxygen atoms in total. The Morgan fingerprint density at radius 3 is 2.68 bits per heavy atom. The largest absolute Gasteiger partial charge is 0.333 e. The van der Waals surface area contributed by atoms with Gasteiger partial charge in [0.25, 0.3) is 5.91 Å². The minimum absolute atomic E-state index is 0.182. The van der Waals surface area contributed by atoms with E-state index in [1.807, 2.05) is 24.3 Å². The van der Waals surface area contributed by atoms with Gasteiger partial charge in [0, 0.05) is 37.8 Å². The number of amides is 1. The Morgan fingerprint density at radius 1 is 1.16 bits per heavy atom. The van der Waals surface area contributed by atoms with E-state index in [1.54, 1.807) is 11.1 Å². The number of para-hydroxylation sites is 1. The van der Waals surface area contributed by atoms with Crippen molar-refractivity contribution in [2.45, 2.75) is 0 Å². The zero-order valence-electron chi connectivity index (χ0n) is 10.4. The summed E-state index contributed by atoms with van der Waals surface area (Å²) in [5, 5.41) is 11.4. The zero-order valence-corrected chi connectivity index (χ0v) is 10.4. The van der Waals surface area contributed by atoms with E-state index >= 15 is 0 Å². The Balaban J connectivity index is 1.85. The summed E-state index contributed by atoms with van der Waals surface area (Å²) in [4.78, 5) is 22.3. The Hall–Kier alpha value is -2.05. The number of hydrogen-bond donors (Lipinski definition) is 1. The molecule has 0 unspecified atom stereocenters. The van der Waals surface area contributed by atoms with Crippen LogP contribution < -0.4 is 0 Å². The number of nitrogens with zero attached hydrogens (tertiary/aromatic N) is 4. The van der Waals surface area contributed by atoms with Crippen LogP contribution in [0.5, 0.6) is 0 Å². The number of hydroxylamine groups is 2. The van der Waals surface area contributed by atoms with E-state index in [2.05, 4.69) is 9.97 Å². The van der Waals surface area contributed by atoms with Crippen molar-refractivity contribution in [3.63, 3.8) is 0 Å². The average molecular weight is 258 g/mol. The summed E-state index contributed by atoms with van der Waals surface area (Å²) in [7, 11) is 0. The molecule has 0 atom stereocenters. The molecule has 0 aliphatic carbocycles. The Bertz CT molecular complexity index is 608. The highest BCUT2D eigenvalue weighted by Gasteiger charge is 2.23. The molecule has 1 aliphatic rings. The molecule has 1 aliphatic heterocycles. The number of piperazine rings is 1. The van der Waals surface area contributed by atoms with Crippen molar-refractivity contribution in [1.82, 2.24) is 19.9 Å². The van der Waals surface area contributed by atoms with Crippen molar-refractivity contribution in [3.8, 4) is 0 Å². The lowest BCUT2D eigenvalue weighted by Gasteiger charge is -2.30. The molecule has 0 spiro atoms. The zero-order chi connectivity index (χ0) is 13.2. The molecule has 0 radical (unpaired) electrons. The SMILES string of the molecule is O=C(c1ncc2ccccc2n1)N1CCN(O)CC1. The molecule has 1 aromatic heterocycles. The third-order valence-corrected chi connectivity index (χ3v) is 3.22. The molecule has 0 saturated carbocycles. The maximum absolute atomic E-state index is 12.3. The summed E-state index contributed by atoms with van der Waals surface area (Å²) in [5.41, 5.74) is 0.765. The van der Waals surface area contributed by atoms with Crippen molar-refractivity contribution in [2.24, 2.45) is 0 Å². The van der Waals surface area contributed by atoms with Crippen LogP contribution in [0, 0.1) is 0 Å². The smallest absolute Gasteiger partial charge is 0.291 e. The van der Waals surface area contributed by atoms with Crippen LogP contribution >= 0.6 is 0 Å². The molecule has 1 saturated heterocycles. The van der Waals surface area contributed by atoms with Gasteiger partial charge in [-0.3, -0.25) is 4.79 Å². The van der Waals surface area contributed by atoms with Crippen LogP contribution in [-0.2, 0) is 0 Å². The standard InChI is InChI=1S/C13H14N4O2/c18-13(16-5-7-17(19)8-6-16)12-14-9-10-3-1-2-4-11(10)15-12/h1-4,9,19H,5-8H2. The molecular formula is C13H14N4O2. The number of carbonyl (C=O) groups is 1. The molecular weight excluding hydrogens is 244 g/mol. The number of rotatable bonds is 1. The molecule has 1 N–H and O–H groups in total. The summed E-state index contributed by atoms with van der Waals surface area (Å²) in [5.74, 6) is 0.0314. The highest BCUT2D eigenvalue weighted by atomic mass is 16.5. The fraction of sp³-hybridized carbons (Fsp3) is 0.308. The first-order valence-corrected chi connectivity index (χ1v) is 6.19. The number of hydrogen-bond acceptors (Lipinski definition) is 5. The Labute approximate surface area is 110 Å². The molecule has 1 aromatic carbocycles. The van der Waals surface area contributed by atoms with Crippen LogP contribution in [0.25, 0.3) is 10.9 Å². The van der Waals surface area contributed by atoms with Gasteiger partial charge in [0.1, 0.15) is 0 Å². The summed E-state index contributed by atoms with van der Waals surface area (Å²) < 4.78 is 0. The molecule has 2 heterocycles. The normalized spacial score (nSPS) is 16.8. The fourth-order valence-electron chi connectivity index (χ4n) is 2.12. The van der Waals surface area contributed by atoms with E-state index in [1.165, 1.54) is 5.06 Å². The summed E-state index contributed by atoms with van der Waals surface area (Å²) in [6, 6.07) is 7.56.